The van der Waals surface area contributed by atoms with E-state index in [1.807, 2.05) is 0 Å². The molecule has 74 valence electrons. The minimum absolute atomic E-state index is 0.349. The van der Waals surface area contributed by atoms with E-state index >= 15 is 0 Å². The van der Waals surface area contributed by atoms with E-state index in [1.165, 1.54) is 24.3 Å². The van der Waals surface area contributed by atoms with Crippen molar-refractivity contribution in [2.75, 3.05) is 13.2 Å². The number of aliphatic hydroxyl groups excluding tert-OH is 2. The summed E-state index contributed by atoms with van der Waals surface area (Å²) < 4.78 is 0. The third kappa shape index (κ3) is 2.25. The fourth-order valence-corrected chi connectivity index (χ4v) is 1.02. The van der Waals surface area contributed by atoms with Crippen LogP contribution in [0, 0.1) is 0 Å². The normalized spacial score (nSPS) is 9.86. The van der Waals surface area contributed by atoms with E-state index in [0.29, 0.717) is 11.1 Å². The Hall–Kier alpha value is -1.52. The van der Waals surface area contributed by atoms with Gasteiger partial charge in [0.05, 0.1) is 0 Å². The van der Waals surface area contributed by atoms with E-state index in [2.05, 4.69) is 0 Å². The molecule has 0 saturated carbocycles. The van der Waals surface area contributed by atoms with E-state index in [9.17, 15) is 9.59 Å². The van der Waals surface area contributed by atoms with Crippen molar-refractivity contribution in [2.45, 2.75) is 0 Å². The molecule has 4 nitrogen and oxygen atoms in total. The molecule has 0 radical (unpaired) electrons. The zero-order chi connectivity index (χ0) is 10.6. The lowest BCUT2D eigenvalue weighted by atomic mass is 10.1. The van der Waals surface area contributed by atoms with Crippen LogP contribution in [0.1, 0.15) is 20.7 Å². The molecule has 14 heavy (non-hydrogen) atoms. The molecule has 0 unspecified atom stereocenters. The predicted molar refractivity (Wildman–Crippen MR) is 49.3 cm³/mol. The summed E-state index contributed by atoms with van der Waals surface area (Å²) in [6.45, 7) is -1.10. The quantitative estimate of drug-likeness (QED) is 0.663. The van der Waals surface area contributed by atoms with E-state index in [1.54, 1.807) is 0 Å². The highest BCUT2D eigenvalue weighted by Gasteiger charge is 2.06. The molecule has 1 aromatic rings. The van der Waals surface area contributed by atoms with E-state index < -0.39 is 24.8 Å². The fraction of sp³-hybridized carbons (Fsp3) is 0.200. The van der Waals surface area contributed by atoms with Crippen LogP contribution in [0.2, 0.25) is 0 Å². The lowest BCUT2D eigenvalue weighted by Crippen LogP contribution is -2.07. The number of benzene rings is 1. The van der Waals surface area contributed by atoms with Crippen molar-refractivity contribution in [1.29, 1.82) is 0 Å². The van der Waals surface area contributed by atoms with E-state index in [0.717, 1.165) is 0 Å². The van der Waals surface area contributed by atoms with Crippen LogP contribution in [-0.2, 0) is 0 Å². The maximum absolute atomic E-state index is 11.0. The highest BCUT2D eigenvalue weighted by molar-refractivity contribution is 6.00. The number of rotatable bonds is 4. The maximum atomic E-state index is 11.0. The van der Waals surface area contributed by atoms with Gasteiger partial charge in [-0.3, -0.25) is 9.59 Å². The first-order valence-electron chi connectivity index (χ1n) is 4.07. The lowest BCUT2D eigenvalue weighted by Gasteiger charge is -1.99. The molecule has 1 aromatic carbocycles. The summed E-state index contributed by atoms with van der Waals surface area (Å²) in [4.78, 5) is 22.0. The Morgan fingerprint density at radius 1 is 0.857 bits per heavy atom. The topological polar surface area (TPSA) is 74.6 Å². The summed E-state index contributed by atoms with van der Waals surface area (Å²) >= 11 is 0. The molecule has 2 N–H and O–H groups in total. The Morgan fingerprint density at radius 3 is 1.36 bits per heavy atom. The van der Waals surface area contributed by atoms with E-state index in [-0.39, 0.29) is 0 Å². The second-order valence-corrected chi connectivity index (χ2v) is 2.74. The smallest absolute Gasteiger partial charge is 0.188 e. The van der Waals surface area contributed by atoms with Crippen molar-refractivity contribution in [3.63, 3.8) is 0 Å². The molecule has 0 bridgehead atoms. The molecule has 0 aliphatic carbocycles. The number of hydrogen-bond donors (Lipinski definition) is 2. The van der Waals surface area contributed by atoms with Crippen molar-refractivity contribution >= 4 is 11.6 Å². The molecule has 0 amide bonds. The number of aliphatic hydroxyl groups is 2. The molecule has 0 fully saturated rings. The molecular weight excluding hydrogens is 184 g/mol. The molecule has 4 heteroatoms. The van der Waals surface area contributed by atoms with Gasteiger partial charge in [-0.05, 0) is 0 Å². The standard InChI is InChI=1S/C10H10O4/c11-5-9(13)7-1-2-8(4-3-7)10(14)6-12/h1-4,11-12H,5-6H2. The molecule has 0 atom stereocenters. The predicted octanol–water partition coefficient (Wildman–Crippen LogP) is 0.0366. The van der Waals surface area contributed by atoms with Crippen LogP contribution >= 0.6 is 0 Å². The average Bonchev–Trinajstić information content (AvgIpc) is 2.27. The van der Waals surface area contributed by atoms with Crippen molar-refractivity contribution in [1.82, 2.24) is 0 Å². The van der Waals surface area contributed by atoms with Crippen LogP contribution in [0.5, 0.6) is 0 Å². The minimum Gasteiger partial charge on any atom is -0.388 e. The first-order valence-corrected chi connectivity index (χ1v) is 4.07. The largest absolute Gasteiger partial charge is 0.388 e. The van der Waals surface area contributed by atoms with Crippen molar-refractivity contribution in [2.24, 2.45) is 0 Å². The molecular formula is C10H10O4. The van der Waals surface area contributed by atoms with Crippen LogP contribution in [0.3, 0.4) is 0 Å². The van der Waals surface area contributed by atoms with Gasteiger partial charge in [0.25, 0.3) is 0 Å². The molecule has 0 aromatic heterocycles. The lowest BCUT2D eigenvalue weighted by molar-refractivity contribution is 0.0894. The number of Topliss-reactive ketones (excluding diaryl/α,β-unsaturated/α-hetero) is 2. The van der Waals surface area contributed by atoms with Gasteiger partial charge in [0.1, 0.15) is 13.2 Å². The van der Waals surface area contributed by atoms with Gasteiger partial charge in [0, 0.05) is 11.1 Å². The van der Waals surface area contributed by atoms with Crippen LogP contribution in [0.15, 0.2) is 24.3 Å². The van der Waals surface area contributed by atoms with Gasteiger partial charge in [-0.25, -0.2) is 0 Å². The Bertz CT molecular complexity index is 305. The third-order valence-electron chi connectivity index (χ3n) is 1.82. The molecule has 0 aliphatic rings. The summed E-state index contributed by atoms with van der Waals surface area (Å²) in [5.41, 5.74) is 0.698. The number of carbonyl (C=O) groups excluding carboxylic acids is 2. The molecule has 0 saturated heterocycles. The second kappa shape index (κ2) is 4.64. The van der Waals surface area contributed by atoms with Gasteiger partial charge in [-0.15, -0.1) is 0 Å². The Morgan fingerprint density at radius 2 is 1.14 bits per heavy atom. The first kappa shape index (κ1) is 10.6. The van der Waals surface area contributed by atoms with Gasteiger partial charge in [-0.1, -0.05) is 24.3 Å². The molecule has 0 heterocycles. The monoisotopic (exact) mass is 194 g/mol. The average molecular weight is 194 g/mol. The summed E-state index contributed by atoms with van der Waals surface area (Å²) in [6, 6.07) is 5.78. The zero-order valence-corrected chi connectivity index (χ0v) is 7.43. The zero-order valence-electron chi connectivity index (χ0n) is 7.43. The van der Waals surface area contributed by atoms with Crippen LogP contribution in [0.25, 0.3) is 0 Å². The van der Waals surface area contributed by atoms with Gasteiger partial charge < -0.3 is 10.2 Å². The van der Waals surface area contributed by atoms with Crippen molar-refractivity contribution in [3.8, 4) is 0 Å². The summed E-state index contributed by atoms with van der Waals surface area (Å²) in [7, 11) is 0. The third-order valence-corrected chi connectivity index (χ3v) is 1.82. The van der Waals surface area contributed by atoms with E-state index in [4.69, 9.17) is 10.2 Å². The summed E-state index contributed by atoms with van der Waals surface area (Å²) in [5, 5.41) is 17.1. The van der Waals surface area contributed by atoms with Crippen molar-refractivity contribution in [3.05, 3.63) is 35.4 Å². The Balaban J connectivity index is 2.89. The van der Waals surface area contributed by atoms with Gasteiger partial charge in [0.2, 0.25) is 0 Å². The SMILES string of the molecule is O=C(CO)c1ccc(C(=O)CO)cc1. The summed E-state index contributed by atoms with van der Waals surface area (Å²) in [6.07, 6.45) is 0. The number of carbonyl (C=O) groups is 2. The van der Waals surface area contributed by atoms with Crippen molar-refractivity contribution < 1.29 is 19.8 Å². The maximum Gasteiger partial charge on any atom is 0.188 e. The van der Waals surface area contributed by atoms with Crippen LogP contribution in [-0.4, -0.2) is 35.0 Å². The second-order valence-electron chi connectivity index (χ2n) is 2.74. The van der Waals surface area contributed by atoms with Gasteiger partial charge in [0.15, 0.2) is 11.6 Å². The highest BCUT2D eigenvalue weighted by Crippen LogP contribution is 2.05. The minimum atomic E-state index is -0.548. The Labute approximate surface area is 80.8 Å². The fourth-order valence-electron chi connectivity index (χ4n) is 1.02. The van der Waals surface area contributed by atoms with Crippen LogP contribution < -0.4 is 0 Å². The van der Waals surface area contributed by atoms with Gasteiger partial charge in [-0.2, -0.15) is 0 Å². The first-order chi connectivity index (χ1) is 6.69. The highest BCUT2D eigenvalue weighted by atomic mass is 16.3. The Kier molecular flexibility index (Phi) is 3.50. The molecule has 1 rings (SSSR count). The van der Waals surface area contributed by atoms with Gasteiger partial charge >= 0.3 is 0 Å². The van der Waals surface area contributed by atoms with Crippen LogP contribution in [0.4, 0.5) is 0 Å². The molecule has 0 spiro atoms. The number of ketones is 2. The summed E-state index contributed by atoms with van der Waals surface area (Å²) in [5.74, 6) is -0.791. The molecule has 0 aliphatic heterocycles. The number of hydrogen-bond acceptors (Lipinski definition) is 4.